The van der Waals surface area contributed by atoms with Crippen LogP contribution < -0.4 is 15.4 Å². The first kappa shape index (κ1) is 20.4. The highest BCUT2D eigenvalue weighted by molar-refractivity contribution is 7.80. The van der Waals surface area contributed by atoms with Gasteiger partial charge in [0.1, 0.15) is 11.8 Å². The summed E-state index contributed by atoms with van der Waals surface area (Å²) in [6.45, 7) is 0.742. The zero-order chi connectivity index (χ0) is 19.8. The first-order valence-electron chi connectivity index (χ1n) is 8.23. The van der Waals surface area contributed by atoms with Gasteiger partial charge in [0.2, 0.25) is 11.8 Å². The third-order valence-corrected chi connectivity index (χ3v) is 4.30. The van der Waals surface area contributed by atoms with Crippen molar-refractivity contribution in [2.75, 3.05) is 27.3 Å². The molecule has 1 fully saturated rings. The summed E-state index contributed by atoms with van der Waals surface area (Å²) in [5.74, 6) is -0.691. The van der Waals surface area contributed by atoms with E-state index in [1.807, 2.05) is 18.2 Å². The Bertz CT molecular complexity index is 765. The van der Waals surface area contributed by atoms with Crippen LogP contribution in [0.4, 0.5) is 0 Å². The van der Waals surface area contributed by atoms with Gasteiger partial charge in [-0.05, 0) is 24.4 Å². The monoisotopic (exact) mass is 391 g/mol. The van der Waals surface area contributed by atoms with Crippen LogP contribution >= 0.6 is 12.2 Å². The van der Waals surface area contributed by atoms with E-state index in [4.69, 9.17) is 17.0 Å². The smallest absolute Gasteiger partial charge is 0.308 e. The highest BCUT2D eigenvalue weighted by Crippen LogP contribution is 2.18. The highest BCUT2D eigenvalue weighted by Gasteiger charge is 2.33. The molecule has 0 aliphatic carbocycles. The van der Waals surface area contributed by atoms with Crippen LogP contribution in [0.1, 0.15) is 12.0 Å². The molecule has 1 aromatic rings. The van der Waals surface area contributed by atoms with Crippen molar-refractivity contribution in [3.63, 3.8) is 0 Å². The third-order valence-electron chi connectivity index (χ3n) is 3.96. The Balaban J connectivity index is 2.03. The van der Waals surface area contributed by atoms with Crippen molar-refractivity contribution in [1.82, 2.24) is 15.5 Å². The van der Waals surface area contributed by atoms with Crippen LogP contribution in [0.25, 0.3) is 6.08 Å². The molecule has 1 heterocycles. The third kappa shape index (κ3) is 5.52. The van der Waals surface area contributed by atoms with E-state index in [-0.39, 0.29) is 17.4 Å². The van der Waals surface area contributed by atoms with Gasteiger partial charge in [-0.25, -0.2) is 0 Å². The fourth-order valence-electron chi connectivity index (χ4n) is 2.59. The number of esters is 1. The Hall–Kier alpha value is -2.94. The average Bonchev–Trinajstić information content (AvgIpc) is 2.67. The summed E-state index contributed by atoms with van der Waals surface area (Å²) in [6.07, 6.45) is 2.77. The standard InChI is InChI=1S/C18H21N3O5S/c1-25-14-6-4-3-5-12(14)7-8-15(22)20-18(27)21-10-9-19-17(24)13(21)11-16(23)26-2/h3-8,13H,9-11H2,1-2H3,(H,19,24)(H,20,22,27). The Kier molecular flexibility index (Phi) is 7.30. The number of nitrogens with one attached hydrogen (secondary N) is 2. The lowest BCUT2D eigenvalue weighted by molar-refractivity contribution is -0.144. The number of benzene rings is 1. The Morgan fingerprint density at radius 2 is 2.11 bits per heavy atom. The molecule has 2 rings (SSSR count). The Morgan fingerprint density at radius 3 is 2.81 bits per heavy atom. The lowest BCUT2D eigenvalue weighted by Crippen LogP contribution is -2.60. The van der Waals surface area contributed by atoms with Gasteiger partial charge in [0.25, 0.3) is 0 Å². The minimum absolute atomic E-state index is 0.0772. The van der Waals surface area contributed by atoms with Crippen molar-refractivity contribution >= 4 is 41.2 Å². The number of hydrogen-bond acceptors (Lipinski definition) is 6. The van der Waals surface area contributed by atoms with Crippen LogP contribution in [0.2, 0.25) is 0 Å². The number of amides is 2. The van der Waals surface area contributed by atoms with Crippen LogP contribution in [0.15, 0.2) is 30.3 Å². The molecule has 2 N–H and O–H groups in total. The molecule has 1 unspecified atom stereocenters. The van der Waals surface area contributed by atoms with E-state index >= 15 is 0 Å². The van der Waals surface area contributed by atoms with E-state index < -0.39 is 17.9 Å². The van der Waals surface area contributed by atoms with Crippen molar-refractivity contribution in [3.8, 4) is 5.75 Å². The number of carbonyl (C=O) groups is 3. The molecule has 144 valence electrons. The van der Waals surface area contributed by atoms with Gasteiger partial charge < -0.3 is 19.7 Å². The molecule has 0 saturated carbocycles. The SMILES string of the molecule is COC(=O)CC1C(=O)NCCN1C(=S)NC(=O)C=Cc1ccccc1OC. The van der Waals surface area contributed by atoms with Gasteiger partial charge in [0.15, 0.2) is 5.11 Å². The van der Waals surface area contributed by atoms with Crippen molar-refractivity contribution < 1.29 is 23.9 Å². The maximum atomic E-state index is 12.2. The molecule has 2 amide bonds. The summed E-state index contributed by atoms with van der Waals surface area (Å²) in [5, 5.41) is 5.31. The quantitative estimate of drug-likeness (QED) is 0.428. The molecule has 1 aliphatic rings. The molecule has 0 bridgehead atoms. The van der Waals surface area contributed by atoms with Crippen molar-refractivity contribution in [2.24, 2.45) is 0 Å². The molecule has 0 aromatic heterocycles. The second-order valence-electron chi connectivity index (χ2n) is 5.65. The van der Waals surface area contributed by atoms with Gasteiger partial charge in [0, 0.05) is 24.7 Å². The van der Waals surface area contributed by atoms with Gasteiger partial charge >= 0.3 is 5.97 Å². The fraction of sp³-hybridized carbons (Fsp3) is 0.333. The second-order valence-corrected chi connectivity index (χ2v) is 6.04. The molecule has 9 heteroatoms. The van der Waals surface area contributed by atoms with Crippen molar-refractivity contribution in [2.45, 2.75) is 12.5 Å². The molecule has 1 aliphatic heterocycles. The topological polar surface area (TPSA) is 97.0 Å². The van der Waals surface area contributed by atoms with Crippen LogP contribution in [0.3, 0.4) is 0 Å². The highest BCUT2D eigenvalue weighted by atomic mass is 32.1. The summed E-state index contributed by atoms with van der Waals surface area (Å²) >= 11 is 5.25. The minimum Gasteiger partial charge on any atom is -0.496 e. The maximum absolute atomic E-state index is 12.2. The molecular weight excluding hydrogens is 370 g/mol. The molecule has 1 atom stereocenters. The molecule has 8 nitrogen and oxygen atoms in total. The average molecular weight is 391 g/mol. The van der Waals surface area contributed by atoms with Gasteiger partial charge in [-0.1, -0.05) is 18.2 Å². The van der Waals surface area contributed by atoms with Crippen molar-refractivity contribution in [3.05, 3.63) is 35.9 Å². The van der Waals surface area contributed by atoms with E-state index in [2.05, 4.69) is 15.4 Å². The van der Waals surface area contributed by atoms with Crippen molar-refractivity contribution in [1.29, 1.82) is 0 Å². The molecule has 0 spiro atoms. The summed E-state index contributed by atoms with van der Waals surface area (Å²) in [7, 11) is 2.79. The second kappa shape index (κ2) is 9.67. The number of piperazine rings is 1. The Morgan fingerprint density at radius 1 is 1.37 bits per heavy atom. The first-order valence-corrected chi connectivity index (χ1v) is 8.64. The van der Waals surface area contributed by atoms with Gasteiger partial charge in [0.05, 0.1) is 20.6 Å². The van der Waals surface area contributed by atoms with Crippen LogP contribution in [-0.4, -0.2) is 61.1 Å². The van der Waals surface area contributed by atoms with E-state index in [1.54, 1.807) is 19.3 Å². The van der Waals surface area contributed by atoms with E-state index in [9.17, 15) is 14.4 Å². The van der Waals surface area contributed by atoms with E-state index in [0.29, 0.717) is 18.8 Å². The molecule has 1 saturated heterocycles. The summed E-state index contributed by atoms with van der Waals surface area (Å²) in [5.41, 5.74) is 0.738. The van der Waals surface area contributed by atoms with Gasteiger partial charge in [-0.15, -0.1) is 0 Å². The number of nitrogens with zero attached hydrogens (tertiary/aromatic N) is 1. The number of methoxy groups -OCH3 is 2. The summed E-state index contributed by atoms with van der Waals surface area (Å²) < 4.78 is 9.84. The summed E-state index contributed by atoms with van der Waals surface area (Å²) in [4.78, 5) is 37.3. The lowest BCUT2D eigenvalue weighted by atomic mass is 10.1. The van der Waals surface area contributed by atoms with Crippen LogP contribution in [-0.2, 0) is 19.1 Å². The number of carbonyl (C=O) groups excluding carboxylic acids is 3. The zero-order valence-electron chi connectivity index (χ0n) is 15.1. The van der Waals surface area contributed by atoms with E-state index in [0.717, 1.165) is 5.56 Å². The number of para-hydroxylation sites is 1. The predicted octanol–water partition coefficient (Wildman–Crippen LogP) is 0.473. The number of rotatable bonds is 5. The molecule has 0 radical (unpaired) electrons. The number of hydrogen-bond donors (Lipinski definition) is 2. The predicted molar refractivity (Wildman–Crippen MR) is 103 cm³/mol. The number of thiocarbonyl (C=S) groups is 1. The van der Waals surface area contributed by atoms with Gasteiger partial charge in [-0.2, -0.15) is 0 Å². The Labute approximate surface area is 162 Å². The molecular formula is C18H21N3O5S. The fourth-order valence-corrected chi connectivity index (χ4v) is 2.91. The zero-order valence-corrected chi connectivity index (χ0v) is 15.9. The van der Waals surface area contributed by atoms with Gasteiger partial charge in [-0.3, -0.25) is 19.7 Å². The van der Waals surface area contributed by atoms with Crippen LogP contribution in [0.5, 0.6) is 5.75 Å². The number of ether oxygens (including phenoxy) is 2. The summed E-state index contributed by atoms with van der Waals surface area (Å²) in [6, 6.07) is 6.42. The van der Waals surface area contributed by atoms with E-state index in [1.165, 1.54) is 18.1 Å². The molecule has 1 aromatic carbocycles. The minimum atomic E-state index is -0.822. The maximum Gasteiger partial charge on any atom is 0.308 e. The normalized spacial score (nSPS) is 16.6. The largest absolute Gasteiger partial charge is 0.496 e. The lowest BCUT2D eigenvalue weighted by Gasteiger charge is -2.35. The molecule has 27 heavy (non-hydrogen) atoms. The van der Waals surface area contributed by atoms with Crippen LogP contribution in [0, 0.1) is 0 Å². The first-order chi connectivity index (χ1) is 13.0.